The number of nitrogens with one attached hydrogen (secondary N) is 1. The highest BCUT2D eigenvalue weighted by molar-refractivity contribution is 5.43. The van der Waals surface area contributed by atoms with Crippen LogP contribution in [0.4, 0.5) is 4.39 Å². The van der Waals surface area contributed by atoms with Crippen molar-refractivity contribution < 1.29 is 13.9 Å². The van der Waals surface area contributed by atoms with Crippen LogP contribution < -0.4 is 14.8 Å². The second kappa shape index (κ2) is 7.80. The fourth-order valence-electron chi connectivity index (χ4n) is 2.17. The fourth-order valence-corrected chi connectivity index (χ4v) is 2.17. The van der Waals surface area contributed by atoms with Crippen LogP contribution >= 0.6 is 0 Å². The molecule has 0 saturated carbocycles. The predicted octanol–water partition coefficient (Wildman–Crippen LogP) is 3.91. The SMILES string of the molecule is COc1cc(CNCc2cccc(F)c2)ccc1OC(C)C. The first-order valence-electron chi connectivity index (χ1n) is 7.37. The molecule has 0 aliphatic carbocycles. The van der Waals surface area contributed by atoms with Gasteiger partial charge in [-0.25, -0.2) is 4.39 Å². The van der Waals surface area contributed by atoms with Crippen LogP contribution in [0.3, 0.4) is 0 Å². The summed E-state index contributed by atoms with van der Waals surface area (Å²) in [6.45, 7) is 5.25. The lowest BCUT2D eigenvalue weighted by Crippen LogP contribution is -2.13. The third-order valence-electron chi connectivity index (χ3n) is 3.14. The van der Waals surface area contributed by atoms with Crippen LogP contribution in [-0.4, -0.2) is 13.2 Å². The second-order valence-corrected chi connectivity index (χ2v) is 5.39. The molecule has 0 aliphatic heterocycles. The van der Waals surface area contributed by atoms with Gasteiger partial charge in [0.2, 0.25) is 0 Å². The van der Waals surface area contributed by atoms with Crippen LogP contribution in [0.5, 0.6) is 11.5 Å². The molecule has 0 atom stereocenters. The third-order valence-corrected chi connectivity index (χ3v) is 3.14. The zero-order chi connectivity index (χ0) is 15.9. The van der Waals surface area contributed by atoms with Crippen molar-refractivity contribution >= 4 is 0 Å². The minimum atomic E-state index is -0.212. The molecule has 2 aromatic rings. The molecule has 0 aromatic heterocycles. The Hall–Kier alpha value is -2.07. The van der Waals surface area contributed by atoms with E-state index in [1.54, 1.807) is 13.2 Å². The molecule has 0 saturated heterocycles. The third kappa shape index (κ3) is 4.74. The minimum absolute atomic E-state index is 0.103. The lowest BCUT2D eigenvalue weighted by Gasteiger charge is -2.14. The maximum Gasteiger partial charge on any atom is 0.161 e. The normalized spacial score (nSPS) is 10.8. The topological polar surface area (TPSA) is 30.5 Å². The first kappa shape index (κ1) is 16.3. The van der Waals surface area contributed by atoms with Gasteiger partial charge in [-0.15, -0.1) is 0 Å². The van der Waals surface area contributed by atoms with Crippen molar-refractivity contribution in [3.63, 3.8) is 0 Å². The van der Waals surface area contributed by atoms with Crippen molar-refractivity contribution in [2.45, 2.75) is 33.0 Å². The van der Waals surface area contributed by atoms with E-state index in [-0.39, 0.29) is 11.9 Å². The Labute approximate surface area is 131 Å². The van der Waals surface area contributed by atoms with Gasteiger partial charge >= 0.3 is 0 Å². The molecule has 0 heterocycles. The number of hydrogen-bond donors (Lipinski definition) is 1. The van der Waals surface area contributed by atoms with Crippen LogP contribution in [0.25, 0.3) is 0 Å². The Morgan fingerprint density at radius 2 is 1.73 bits per heavy atom. The lowest BCUT2D eigenvalue weighted by molar-refractivity contribution is 0.230. The molecule has 0 unspecified atom stereocenters. The summed E-state index contributed by atoms with van der Waals surface area (Å²) in [5.41, 5.74) is 2.01. The maximum atomic E-state index is 13.1. The fraction of sp³-hybridized carbons (Fsp3) is 0.333. The Morgan fingerprint density at radius 3 is 2.36 bits per heavy atom. The Bertz CT molecular complexity index is 614. The van der Waals surface area contributed by atoms with Gasteiger partial charge in [-0.1, -0.05) is 18.2 Å². The molecular weight excluding hydrogens is 281 g/mol. The van der Waals surface area contributed by atoms with Crippen molar-refractivity contribution in [1.29, 1.82) is 0 Å². The van der Waals surface area contributed by atoms with E-state index < -0.39 is 0 Å². The smallest absolute Gasteiger partial charge is 0.161 e. The molecule has 118 valence electrons. The average Bonchev–Trinajstić information content (AvgIpc) is 2.48. The molecule has 0 spiro atoms. The van der Waals surface area contributed by atoms with Crippen LogP contribution in [0.1, 0.15) is 25.0 Å². The number of benzene rings is 2. The minimum Gasteiger partial charge on any atom is -0.493 e. The largest absolute Gasteiger partial charge is 0.493 e. The highest BCUT2D eigenvalue weighted by Crippen LogP contribution is 2.28. The van der Waals surface area contributed by atoms with E-state index >= 15 is 0 Å². The lowest BCUT2D eigenvalue weighted by atomic mass is 10.2. The summed E-state index contributed by atoms with van der Waals surface area (Å²) >= 11 is 0. The second-order valence-electron chi connectivity index (χ2n) is 5.39. The molecule has 0 bridgehead atoms. The standard InChI is InChI=1S/C18H22FNO2/c1-13(2)22-17-8-7-15(10-18(17)21-3)12-20-11-14-5-4-6-16(19)9-14/h4-10,13,20H,11-12H2,1-3H3. The summed E-state index contributed by atoms with van der Waals surface area (Å²) in [5.74, 6) is 1.25. The average molecular weight is 303 g/mol. The molecule has 22 heavy (non-hydrogen) atoms. The zero-order valence-corrected chi connectivity index (χ0v) is 13.2. The molecular formula is C18H22FNO2. The van der Waals surface area contributed by atoms with Gasteiger partial charge in [0.15, 0.2) is 11.5 Å². The Morgan fingerprint density at radius 1 is 1.00 bits per heavy atom. The van der Waals surface area contributed by atoms with Crippen molar-refractivity contribution in [2.75, 3.05) is 7.11 Å². The molecule has 2 rings (SSSR count). The molecule has 2 aromatic carbocycles. The van der Waals surface area contributed by atoms with Gasteiger partial charge in [0.05, 0.1) is 13.2 Å². The van der Waals surface area contributed by atoms with E-state index in [4.69, 9.17) is 9.47 Å². The highest BCUT2D eigenvalue weighted by Gasteiger charge is 2.07. The molecule has 0 amide bonds. The first-order chi connectivity index (χ1) is 10.6. The number of rotatable bonds is 7. The van der Waals surface area contributed by atoms with Gasteiger partial charge in [-0.3, -0.25) is 0 Å². The number of halogens is 1. The summed E-state index contributed by atoms with van der Waals surface area (Å²) in [6, 6.07) is 12.5. The van der Waals surface area contributed by atoms with E-state index in [1.165, 1.54) is 12.1 Å². The summed E-state index contributed by atoms with van der Waals surface area (Å²) in [4.78, 5) is 0. The Kier molecular flexibility index (Phi) is 5.78. The maximum absolute atomic E-state index is 13.1. The molecule has 0 radical (unpaired) electrons. The summed E-state index contributed by atoms with van der Waals surface area (Å²) in [5, 5.41) is 3.29. The van der Waals surface area contributed by atoms with Gasteiger partial charge in [0, 0.05) is 13.1 Å². The molecule has 1 N–H and O–H groups in total. The predicted molar refractivity (Wildman–Crippen MR) is 85.7 cm³/mol. The highest BCUT2D eigenvalue weighted by atomic mass is 19.1. The van der Waals surface area contributed by atoms with E-state index in [0.717, 1.165) is 22.6 Å². The molecule has 0 fully saturated rings. The van der Waals surface area contributed by atoms with Gasteiger partial charge in [0.1, 0.15) is 5.82 Å². The molecule has 0 aliphatic rings. The number of ether oxygens (including phenoxy) is 2. The van der Waals surface area contributed by atoms with Gasteiger partial charge < -0.3 is 14.8 Å². The summed E-state index contributed by atoms with van der Waals surface area (Å²) in [7, 11) is 1.63. The van der Waals surface area contributed by atoms with Crippen LogP contribution in [0.2, 0.25) is 0 Å². The van der Waals surface area contributed by atoms with E-state index in [1.807, 2.05) is 38.1 Å². The number of hydrogen-bond acceptors (Lipinski definition) is 3. The van der Waals surface area contributed by atoms with Gasteiger partial charge in [-0.05, 0) is 49.2 Å². The van der Waals surface area contributed by atoms with Crippen molar-refractivity contribution in [2.24, 2.45) is 0 Å². The first-order valence-corrected chi connectivity index (χ1v) is 7.37. The quantitative estimate of drug-likeness (QED) is 0.841. The van der Waals surface area contributed by atoms with Crippen molar-refractivity contribution in [3.8, 4) is 11.5 Å². The van der Waals surface area contributed by atoms with Crippen LogP contribution in [-0.2, 0) is 13.1 Å². The summed E-state index contributed by atoms with van der Waals surface area (Å²) in [6.07, 6.45) is 0.103. The van der Waals surface area contributed by atoms with Crippen molar-refractivity contribution in [3.05, 3.63) is 59.4 Å². The molecule has 4 heteroatoms. The van der Waals surface area contributed by atoms with Gasteiger partial charge in [0.25, 0.3) is 0 Å². The van der Waals surface area contributed by atoms with Crippen molar-refractivity contribution in [1.82, 2.24) is 5.32 Å². The molecule has 3 nitrogen and oxygen atoms in total. The van der Waals surface area contributed by atoms with Crippen LogP contribution in [0, 0.1) is 5.82 Å². The Balaban J connectivity index is 1.95. The van der Waals surface area contributed by atoms with Crippen LogP contribution in [0.15, 0.2) is 42.5 Å². The summed E-state index contributed by atoms with van der Waals surface area (Å²) < 4.78 is 24.2. The number of methoxy groups -OCH3 is 1. The van der Waals surface area contributed by atoms with Gasteiger partial charge in [-0.2, -0.15) is 0 Å². The van der Waals surface area contributed by atoms with E-state index in [0.29, 0.717) is 13.1 Å². The van der Waals surface area contributed by atoms with E-state index in [2.05, 4.69) is 5.32 Å². The van der Waals surface area contributed by atoms with E-state index in [9.17, 15) is 4.39 Å². The zero-order valence-electron chi connectivity index (χ0n) is 13.2. The monoisotopic (exact) mass is 303 g/mol.